The van der Waals surface area contributed by atoms with Crippen molar-refractivity contribution in [3.63, 3.8) is 0 Å². The maximum atomic E-state index is 5.47. The molecule has 1 aromatic carbocycles. The Morgan fingerprint density at radius 3 is 2.71 bits per heavy atom. The highest BCUT2D eigenvalue weighted by Crippen LogP contribution is 2.29. The van der Waals surface area contributed by atoms with Crippen LogP contribution in [0.4, 0.5) is 0 Å². The Labute approximate surface area is 104 Å². The number of hydrogen-bond acceptors (Lipinski definition) is 2. The molecule has 0 saturated carbocycles. The first-order chi connectivity index (χ1) is 8.31. The van der Waals surface area contributed by atoms with E-state index in [1.165, 1.54) is 24.9 Å². The molecule has 0 radical (unpaired) electrons. The highest BCUT2D eigenvalue weighted by atomic mass is 16.5. The van der Waals surface area contributed by atoms with Gasteiger partial charge in [-0.05, 0) is 62.4 Å². The standard InChI is InChI=1S/C15H23NO/c1-3-17-15-8-6-13(7-9-15)12(2)14-5-4-10-16-11-14/h6-9,12,14,16H,3-5,10-11H2,1-2H3. The molecule has 94 valence electrons. The van der Waals surface area contributed by atoms with Crippen molar-refractivity contribution < 1.29 is 4.74 Å². The van der Waals surface area contributed by atoms with Crippen LogP contribution in [-0.4, -0.2) is 19.7 Å². The lowest BCUT2D eigenvalue weighted by Gasteiger charge is -2.28. The second-order valence-electron chi connectivity index (χ2n) is 4.90. The number of ether oxygens (including phenoxy) is 1. The fourth-order valence-electron chi connectivity index (χ4n) is 2.61. The van der Waals surface area contributed by atoms with Crippen molar-refractivity contribution in [2.45, 2.75) is 32.6 Å². The lowest BCUT2D eigenvalue weighted by molar-refractivity contribution is 0.332. The molecular weight excluding hydrogens is 210 g/mol. The van der Waals surface area contributed by atoms with Crippen LogP contribution in [0.3, 0.4) is 0 Å². The fourth-order valence-corrected chi connectivity index (χ4v) is 2.61. The number of hydrogen-bond donors (Lipinski definition) is 1. The third-order valence-electron chi connectivity index (χ3n) is 3.76. The molecule has 0 aliphatic carbocycles. The lowest BCUT2D eigenvalue weighted by Crippen LogP contribution is -2.32. The highest BCUT2D eigenvalue weighted by molar-refractivity contribution is 5.29. The molecule has 1 fully saturated rings. The second-order valence-corrected chi connectivity index (χ2v) is 4.90. The summed E-state index contributed by atoms with van der Waals surface area (Å²) in [7, 11) is 0. The van der Waals surface area contributed by atoms with Crippen LogP contribution in [0.25, 0.3) is 0 Å². The molecule has 1 N–H and O–H groups in total. The minimum Gasteiger partial charge on any atom is -0.494 e. The minimum absolute atomic E-state index is 0.637. The van der Waals surface area contributed by atoms with E-state index in [0.717, 1.165) is 24.8 Å². The van der Waals surface area contributed by atoms with Crippen molar-refractivity contribution in [3.05, 3.63) is 29.8 Å². The largest absolute Gasteiger partial charge is 0.494 e. The third kappa shape index (κ3) is 3.22. The van der Waals surface area contributed by atoms with Crippen molar-refractivity contribution in [2.24, 2.45) is 5.92 Å². The molecule has 2 unspecified atom stereocenters. The minimum atomic E-state index is 0.637. The van der Waals surface area contributed by atoms with Gasteiger partial charge in [0.05, 0.1) is 6.61 Å². The van der Waals surface area contributed by atoms with Crippen LogP contribution in [0.15, 0.2) is 24.3 Å². The molecule has 2 nitrogen and oxygen atoms in total. The van der Waals surface area contributed by atoms with Crippen molar-refractivity contribution in [3.8, 4) is 5.75 Å². The van der Waals surface area contributed by atoms with E-state index in [0.29, 0.717) is 5.92 Å². The van der Waals surface area contributed by atoms with Gasteiger partial charge in [0, 0.05) is 0 Å². The van der Waals surface area contributed by atoms with Crippen molar-refractivity contribution in [1.82, 2.24) is 5.32 Å². The SMILES string of the molecule is CCOc1ccc(C(C)C2CCCNC2)cc1. The van der Waals surface area contributed by atoms with Gasteiger partial charge in [0.1, 0.15) is 5.75 Å². The first kappa shape index (κ1) is 12.4. The van der Waals surface area contributed by atoms with Gasteiger partial charge in [-0.1, -0.05) is 19.1 Å². The van der Waals surface area contributed by atoms with Crippen molar-refractivity contribution >= 4 is 0 Å². The molecular formula is C15H23NO. The summed E-state index contributed by atoms with van der Waals surface area (Å²) in [6.07, 6.45) is 2.66. The van der Waals surface area contributed by atoms with Gasteiger partial charge >= 0.3 is 0 Å². The van der Waals surface area contributed by atoms with E-state index >= 15 is 0 Å². The summed E-state index contributed by atoms with van der Waals surface area (Å²) in [4.78, 5) is 0. The number of benzene rings is 1. The van der Waals surface area contributed by atoms with Gasteiger partial charge in [-0.25, -0.2) is 0 Å². The lowest BCUT2D eigenvalue weighted by atomic mass is 9.83. The van der Waals surface area contributed by atoms with E-state index in [9.17, 15) is 0 Å². The smallest absolute Gasteiger partial charge is 0.119 e. The number of nitrogens with one attached hydrogen (secondary N) is 1. The fraction of sp³-hybridized carbons (Fsp3) is 0.600. The Balaban J connectivity index is 2.00. The van der Waals surface area contributed by atoms with Crippen LogP contribution in [0.1, 0.15) is 38.2 Å². The average molecular weight is 233 g/mol. The summed E-state index contributed by atoms with van der Waals surface area (Å²) in [6, 6.07) is 8.60. The summed E-state index contributed by atoms with van der Waals surface area (Å²) in [6.45, 7) is 7.44. The van der Waals surface area contributed by atoms with Gasteiger partial charge < -0.3 is 10.1 Å². The van der Waals surface area contributed by atoms with E-state index in [4.69, 9.17) is 4.74 Å². The van der Waals surface area contributed by atoms with Crippen LogP contribution in [0, 0.1) is 5.92 Å². The first-order valence-corrected chi connectivity index (χ1v) is 6.74. The molecule has 0 bridgehead atoms. The monoisotopic (exact) mass is 233 g/mol. The summed E-state index contributed by atoms with van der Waals surface area (Å²) >= 11 is 0. The van der Waals surface area contributed by atoms with E-state index in [-0.39, 0.29) is 0 Å². The molecule has 2 rings (SSSR count). The zero-order chi connectivity index (χ0) is 12.1. The molecule has 0 aromatic heterocycles. The predicted octanol–water partition coefficient (Wildman–Crippen LogP) is 3.19. The molecule has 2 atom stereocenters. The topological polar surface area (TPSA) is 21.3 Å². The molecule has 2 heteroatoms. The van der Waals surface area contributed by atoms with E-state index in [2.05, 4.69) is 36.5 Å². The molecule has 17 heavy (non-hydrogen) atoms. The van der Waals surface area contributed by atoms with Gasteiger partial charge in [-0.2, -0.15) is 0 Å². The summed E-state index contributed by atoms with van der Waals surface area (Å²) in [5, 5.41) is 3.49. The Kier molecular flexibility index (Phi) is 4.43. The Morgan fingerprint density at radius 1 is 1.35 bits per heavy atom. The quantitative estimate of drug-likeness (QED) is 0.862. The van der Waals surface area contributed by atoms with Gasteiger partial charge in [0.15, 0.2) is 0 Å². The van der Waals surface area contributed by atoms with Crippen LogP contribution in [-0.2, 0) is 0 Å². The maximum absolute atomic E-state index is 5.47. The van der Waals surface area contributed by atoms with E-state index < -0.39 is 0 Å². The molecule has 1 aromatic rings. The molecule has 1 aliphatic heterocycles. The summed E-state index contributed by atoms with van der Waals surface area (Å²) in [5.74, 6) is 2.39. The zero-order valence-corrected chi connectivity index (χ0v) is 10.9. The number of rotatable bonds is 4. The normalized spacial score (nSPS) is 22.1. The molecule has 0 spiro atoms. The summed E-state index contributed by atoms with van der Waals surface area (Å²) < 4.78 is 5.47. The Morgan fingerprint density at radius 2 is 2.12 bits per heavy atom. The van der Waals surface area contributed by atoms with Crippen LogP contribution in [0.2, 0.25) is 0 Å². The van der Waals surface area contributed by atoms with E-state index in [1.54, 1.807) is 0 Å². The van der Waals surface area contributed by atoms with Crippen LogP contribution in [0.5, 0.6) is 5.75 Å². The third-order valence-corrected chi connectivity index (χ3v) is 3.76. The van der Waals surface area contributed by atoms with Gasteiger partial charge in [0.2, 0.25) is 0 Å². The molecule has 1 heterocycles. The van der Waals surface area contributed by atoms with Crippen molar-refractivity contribution in [1.29, 1.82) is 0 Å². The summed E-state index contributed by atoms with van der Waals surface area (Å²) in [5.41, 5.74) is 1.43. The molecule has 0 amide bonds. The van der Waals surface area contributed by atoms with Gasteiger partial charge in [0.25, 0.3) is 0 Å². The van der Waals surface area contributed by atoms with Gasteiger partial charge in [-0.15, -0.1) is 0 Å². The Hall–Kier alpha value is -1.02. The molecule has 1 aliphatic rings. The van der Waals surface area contributed by atoms with Crippen LogP contribution < -0.4 is 10.1 Å². The highest BCUT2D eigenvalue weighted by Gasteiger charge is 2.20. The van der Waals surface area contributed by atoms with Crippen LogP contribution >= 0.6 is 0 Å². The van der Waals surface area contributed by atoms with E-state index in [1.807, 2.05) is 6.92 Å². The molecule has 1 saturated heterocycles. The van der Waals surface area contributed by atoms with Gasteiger partial charge in [-0.3, -0.25) is 0 Å². The number of piperidine rings is 1. The maximum Gasteiger partial charge on any atom is 0.119 e. The predicted molar refractivity (Wildman–Crippen MR) is 71.6 cm³/mol. The van der Waals surface area contributed by atoms with Crippen molar-refractivity contribution in [2.75, 3.05) is 19.7 Å². The Bertz CT molecular complexity index is 327. The second kappa shape index (κ2) is 6.06. The average Bonchev–Trinajstić information content (AvgIpc) is 2.40. The zero-order valence-electron chi connectivity index (χ0n) is 10.9. The first-order valence-electron chi connectivity index (χ1n) is 6.74.